The topological polar surface area (TPSA) is 151 Å². The monoisotopic (exact) mass is 372 g/mol. The molecule has 2 heterocycles. The van der Waals surface area contributed by atoms with Crippen LogP contribution in [0.25, 0.3) is 17.1 Å². The number of benzene rings is 1. The first kappa shape index (κ1) is 17.9. The lowest BCUT2D eigenvalue weighted by atomic mass is 10.1. The summed E-state index contributed by atoms with van der Waals surface area (Å²) >= 11 is 0. The second-order valence-electron chi connectivity index (χ2n) is 5.68. The number of aromatic nitrogens is 4. The highest BCUT2D eigenvalue weighted by molar-refractivity contribution is 7.51. The van der Waals surface area contributed by atoms with Gasteiger partial charge in [0.25, 0.3) is 0 Å². The van der Waals surface area contributed by atoms with Crippen molar-refractivity contribution in [2.24, 2.45) is 5.73 Å². The van der Waals surface area contributed by atoms with Crippen molar-refractivity contribution in [2.75, 3.05) is 6.16 Å². The highest BCUT2D eigenvalue weighted by Gasteiger charge is 2.14. The summed E-state index contributed by atoms with van der Waals surface area (Å²) in [6.07, 6.45) is 3.14. The van der Waals surface area contributed by atoms with Gasteiger partial charge in [-0.25, -0.2) is 4.98 Å². The molecule has 0 unspecified atom stereocenters. The van der Waals surface area contributed by atoms with Gasteiger partial charge in [-0.3, -0.25) is 14.5 Å². The van der Waals surface area contributed by atoms with Crippen molar-refractivity contribution in [3.63, 3.8) is 0 Å². The molecule has 10 heteroatoms. The molecule has 0 aliphatic heterocycles. The van der Waals surface area contributed by atoms with E-state index in [1.165, 1.54) is 6.33 Å². The molecule has 134 valence electrons. The van der Waals surface area contributed by atoms with Crippen molar-refractivity contribution in [3.05, 3.63) is 60.2 Å². The van der Waals surface area contributed by atoms with Crippen LogP contribution in [0.5, 0.6) is 0 Å². The first-order chi connectivity index (χ1) is 12.3. The quantitative estimate of drug-likeness (QED) is 0.289. The summed E-state index contributed by atoms with van der Waals surface area (Å²) in [6, 6.07) is 10.7. The molecule has 0 aliphatic rings. The number of nitrogen functional groups attached to an aromatic ring is 1. The van der Waals surface area contributed by atoms with Crippen LogP contribution in [0.4, 0.5) is 0 Å². The third-order valence-corrected chi connectivity index (χ3v) is 4.51. The Balaban J connectivity index is 1.74. The third kappa shape index (κ3) is 4.40. The Bertz CT molecular complexity index is 962. The standard InChI is InChI=1S/C16H17N6O3P/c17-16(18)12-3-1-11(2-4-12)14-5-6-15(21-20-14)22-9-13(19-10-22)7-8-26(23,24)25/h1-6,9-10H,7-8H2,(H3,17,18)(H2,23,24,25). The summed E-state index contributed by atoms with van der Waals surface area (Å²) in [4.78, 5) is 22.0. The Morgan fingerprint density at radius 3 is 2.46 bits per heavy atom. The Kier molecular flexibility index (Phi) is 4.94. The fraction of sp³-hybridized carbons (Fsp3) is 0.125. The number of hydrogen-bond donors (Lipinski definition) is 4. The normalized spacial score (nSPS) is 11.5. The zero-order valence-electron chi connectivity index (χ0n) is 13.6. The molecular weight excluding hydrogens is 355 g/mol. The maximum Gasteiger partial charge on any atom is 0.325 e. The number of amidine groups is 1. The van der Waals surface area contributed by atoms with Crippen LogP contribution in [-0.4, -0.2) is 41.5 Å². The number of nitrogens with two attached hydrogens (primary N) is 1. The van der Waals surface area contributed by atoms with Gasteiger partial charge in [-0.2, -0.15) is 0 Å². The molecule has 26 heavy (non-hydrogen) atoms. The molecule has 0 fully saturated rings. The minimum absolute atomic E-state index is 0.00708. The van der Waals surface area contributed by atoms with Crippen molar-refractivity contribution >= 4 is 13.4 Å². The van der Waals surface area contributed by atoms with Crippen molar-refractivity contribution in [3.8, 4) is 17.1 Å². The van der Waals surface area contributed by atoms with E-state index in [1.807, 2.05) is 12.1 Å². The average molecular weight is 372 g/mol. The predicted molar refractivity (Wildman–Crippen MR) is 96.2 cm³/mol. The molecule has 0 amide bonds. The summed E-state index contributed by atoms with van der Waals surface area (Å²) < 4.78 is 12.6. The third-order valence-electron chi connectivity index (χ3n) is 3.70. The molecule has 1 aromatic carbocycles. The molecule has 3 rings (SSSR count). The van der Waals surface area contributed by atoms with E-state index in [0.29, 0.717) is 22.8 Å². The van der Waals surface area contributed by atoms with Gasteiger partial charge in [-0.1, -0.05) is 24.3 Å². The van der Waals surface area contributed by atoms with Gasteiger partial charge < -0.3 is 15.5 Å². The van der Waals surface area contributed by atoms with Crippen LogP contribution in [0.2, 0.25) is 0 Å². The van der Waals surface area contributed by atoms with Gasteiger partial charge in [-0.15, -0.1) is 10.2 Å². The lowest BCUT2D eigenvalue weighted by Crippen LogP contribution is -2.10. The predicted octanol–water partition coefficient (Wildman–Crippen LogP) is 1.33. The van der Waals surface area contributed by atoms with E-state index < -0.39 is 7.60 Å². The maximum atomic E-state index is 10.9. The maximum absolute atomic E-state index is 10.9. The molecule has 0 spiro atoms. The Morgan fingerprint density at radius 1 is 1.15 bits per heavy atom. The van der Waals surface area contributed by atoms with E-state index >= 15 is 0 Å². The zero-order valence-corrected chi connectivity index (χ0v) is 14.5. The highest BCUT2D eigenvalue weighted by Crippen LogP contribution is 2.34. The van der Waals surface area contributed by atoms with Gasteiger partial charge >= 0.3 is 7.60 Å². The van der Waals surface area contributed by atoms with Crippen LogP contribution in [0.15, 0.2) is 48.9 Å². The van der Waals surface area contributed by atoms with E-state index in [2.05, 4.69) is 15.2 Å². The van der Waals surface area contributed by atoms with Crippen LogP contribution in [0, 0.1) is 5.41 Å². The largest absolute Gasteiger partial charge is 0.384 e. The number of imidazole rings is 1. The summed E-state index contributed by atoms with van der Waals surface area (Å²) in [5, 5.41) is 15.7. The van der Waals surface area contributed by atoms with Crippen LogP contribution in [0.1, 0.15) is 11.3 Å². The Hall–Kier alpha value is -2.87. The van der Waals surface area contributed by atoms with Gasteiger partial charge in [0.05, 0.1) is 17.5 Å². The molecule has 5 N–H and O–H groups in total. The molecular formula is C16H17N6O3P. The van der Waals surface area contributed by atoms with Crippen LogP contribution in [-0.2, 0) is 11.0 Å². The van der Waals surface area contributed by atoms with Gasteiger partial charge in [0.15, 0.2) is 5.82 Å². The zero-order chi connectivity index (χ0) is 18.7. The fourth-order valence-electron chi connectivity index (χ4n) is 2.32. The van der Waals surface area contributed by atoms with Gasteiger partial charge in [-0.05, 0) is 12.1 Å². The van der Waals surface area contributed by atoms with Crippen molar-refractivity contribution in [1.82, 2.24) is 19.7 Å². The summed E-state index contributed by atoms with van der Waals surface area (Å²) in [7, 11) is -4.04. The second kappa shape index (κ2) is 7.17. The van der Waals surface area contributed by atoms with Crippen LogP contribution < -0.4 is 5.73 Å². The molecule has 0 saturated carbocycles. The average Bonchev–Trinajstić information content (AvgIpc) is 3.09. The van der Waals surface area contributed by atoms with Gasteiger partial charge in [0.2, 0.25) is 0 Å². The van der Waals surface area contributed by atoms with Crippen molar-refractivity contribution < 1.29 is 14.4 Å². The van der Waals surface area contributed by atoms with E-state index in [1.54, 1.807) is 35.0 Å². The fourth-order valence-corrected chi connectivity index (χ4v) is 2.84. The van der Waals surface area contributed by atoms with E-state index in [-0.39, 0.29) is 18.4 Å². The highest BCUT2D eigenvalue weighted by atomic mass is 31.2. The SMILES string of the molecule is N=C(N)c1ccc(-c2ccc(-n3cnc(CCP(=O)(O)O)c3)nn2)cc1. The Labute approximate surface area is 149 Å². The lowest BCUT2D eigenvalue weighted by molar-refractivity contribution is 0.373. The van der Waals surface area contributed by atoms with Crippen molar-refractivity contribution in [2.45, 2.75) is 6.42 Å². The van der Waals surface area contributed by atoms with Gasteiger partial charge in [0.1, 0.15) is 12.2 Å². The molecule has 2 aromatic heterocycles. The molecule has 0 bridgehead atoms. The minimum Gasteiger partial charge on any atom is -0.384 e. The minimum atomic E-state index is -4.04. The second-order valence-corrected chi connectivity index (χ2v) is 7.45. The van der Waals surface area contributed by atoms with Crippen LogP contribution in [0.3, 0.4) is 0 Å². The smallest absolute Gasteiger partial charge is 0.325 e. The number of rotatable bonds is 6. The Morgan fingerprint density at radius 2 is 1.88 bits per heavy atom. The van der Waals surface area contributed by atoms with Crippen LogP contribution >= 0.6 is 7.60 Å². The first-order valence-corrected chi connectivity index (χ1v) is 9.48. The van der Waals surface area contributed by atoms with Gasteiger partial charge in [0, 0.05) is 23.7 Å². The number of hydrogen-bond acceptors (Lipinski definition) is 5. The van der Waals surface area contributed by atoms with E-state index in [9.17, 15) is 4.57 Å². The molecule has 0 aliphatic carbocycles. The molecule has 0 radical (unpaired) electrons. The number of nitrogens with one attached hydrogen (secondary N) is 1. The number of aryl methyl sites for hydroxylation is 1. The van der Waals surface area contributed by atoms with E-state index in [0.717, 1.165) is 5.56 Å². The van der Waals surface area contributed by atoms with Crippen molar-refractivity contribution in [1.29, 1.82) is 5.41 Å². The summed E-state index contributed by atoms with van der Waals surface area (Å²) in [5.41, 5.74) is 8.17. The summed E-state index contributed by atoms with van der Waals surface area (Å²) in [6.45, 7) is 0. The molecule has 9 nitrogen and oxygen atoms in total. The summed E-state index contributed by atoms with van der Waals surface area (Å²) in [5.74, 6) is 0.552. The molecule has 0 saturated heterocycles. The molecule has 3 aromatic rings. The van der Waals surface area contributed by atoms with E-state index in [4.69, 9.17) is 20.9 Å². The lowest BCUT2D eigenvalue weighted by Gasteiger charge is -2.04. The molecule has 0 atom stereocenters. The first-order valence-electron chi connectivity index (χ1n) is 7.68. The number of nitrogens with zero attached hydrogens (tertiary/aromatic N) is 4.